The van der Waals surface area contributed by atoms with Crippen molar-refractivity contribution in [3.63, 3.8) is 0 Å². The second kappa shape index (κ2) is 6.71. The Morgan fingerprint density at radius 1 is 1.31 bits per heavy atom. The molecule has 4 rings (SSSR count). The molecule has 6 nitrogen and oxygen atoms in total. The highest BCUT2D eigenvalue weighted by Crippen LogP contribution is 2.33. The molecule has 1 amide bonds. The number of nitrogens with one attached hydrogen (secondary N) is 2. The molecule has 0 aromatic carbocycles. The fourth-order valence-corrected chi connectivity index (χ4v) is 3.49. The van der Waals surface area contributed by atoms with Gasteiger partial charge in [-0.15, -0.1) is 0 Å². The number of pyridine rings is 1. The quantitative estimate of drug-likeness (QED) is 0.760. The van der Waals surface area contributed by atoms with Crippen molar-refractivity contribution >= 4 is 11.7 Å². The minimum atomic E-state index is -0.165. The van der Waals surface area contributed by atoms with E-state index < -0.39 is 0 Å². The van der Waals surface area contributed by atoms with E-state index in [2.05, 4.69) is 32.2 Å². The van der Waals surface area contributed by atoms with Crippen molar-refractivity contribution in [2.24, 2.45) is 0 Å². The van der Waals surface area contributed by atoms with Gasteiger partial charge in [0.05, 0.1) is 11.3 Å². The van der Waals surface area contributed by atoms with E-state index in [1.165, 1.54) is 0 Å². The van der Waals surface area contributed by atoms with Crippen molar-refractivity contribution < 1.29 is 4.79 Å². The van der Waals surface area contributed by atoms with Crippen molar-refractivity contribution in [1.82, 2.24) is 19.9 Å². The Kier molecular flexibility index (Phi) is 4.24. The van der Waals surface area contributed by atoms with E-state index in [1.54, 1.807) is 12.5 Å². The summed E-state index contributed by atoms with van der Waals surface area (Å²) < 4.78 is 0. The lowest BCUT2D eigenvalue weighted by atomic mass is 10.0. The smallest absolute Gasteiger partial charge is 0.259 e. The lowest BCUT2D eigenvalue weighted by Crippen LogP contribution is -2.15. The highest BCUT2D eigenvalue weighted by atomic mass is 16.1. The van der Waals surface area contributed by atoms with E-state index in [9.17, 15) is 4.79 Å². The van der Waals surface area contributed by atoms with Gasteiger partial charge < -0.3 is 10.3 Å². The highest BCUT2D eigenvalue weighted by molar-refractivity contribution is 6.09. The molecule has 1 aliphatic rings. The molecule has 0 bridgehead atoms. The number of hydrogen-bond acceptors (Lipinski definition) is 4. The van der Waals surface area contributed by atoms with Crippen LogP contribution in [0.1, 0.15) is 46.2 Å². The lowest BCUT2D eigenvalue weighted by Gasteiger charge is -2.11. The molecule has 132 valence electrons. The van der Waals surface area contributed by atoms with Gasteiger partial charge in [-0.25, -0.2) is 15.0 Å². The Labute approximate surface area is 152 Å². The number of aromatic nitrogens is 4. The van der Waals surface area contributed by atoms with E-state index in [4.69, 9.17) is 0 Å². The van der Waals surface area contributed by atoms with E-state index in [-0.39, 0.29) is 5.91 Å². The fraction of sp³-hybridized carbons (Fsp3) is 0.300. The predicted octanol–water partition coefficient (Wildman–Crippen LogP) is 3.48. The van der Waals surface area contributed by atoms with Crippen molar-refractivity contribution in [3.8, 4) is 11.3 Å². The number of nitrogens with zero attached hydrogens (tertiary/aromatic N) is 3. The van der Waals surface area contributed by atoms with Crippen LogP contribution in [0.4, 0.5) is 5.82 Å². The first-order chi connectivity index (χ1) is 12.7. The number of H-pyrrole nitrogens is 1. The monoisotopic (exact) mass is 347 g/mol. The number of aryl methyl sites for hydroxylation is 4. The topological polar surface area (TPSA) is 83.6 Å². The van der Waals surface area contributed by atoms with Gasteiger partial charge in [0.1, 0.15) is 12.1 Å². The molecule has 0 fully saturated rings. The van der Waals surface area contributed by atoms with E-state index in [0.29, 0.717) is 11.4 Å². The zero-order valence-corrected chi connectivity index (χ0v) is 15.0. The van der Waals surface area contributed by atoms with Gasteiger partial charge >= 0.3 is 0 Å². The molecule has 3 aromatic rings. The zero-order valence-electron chi connectivity index (χ0n) is 15.0. The Morgan fingerprint density at radius 3 is 3.04 bits per heavy atom. The molecular formula is C20H21N5O. The minimum absolute atomic E-state index is 0.165. The molecule has 0 saturated carbocycles. The first kappa shape index (κ1) is 16.4. The number of amides is 1. The first-order valence-corrected chi connectivity index (χ1v) is 8.94. The van der Waals surface area contributed by atoms with Gasteiger partial charge in [0.15, 0.2) is 0 Å². The first-order valence-electron chi connectivity index (χ1n) is 8.94. The molecule has 1 aliphatic carbocycles. The van der Waals surface area contributed by atoms with Crippen LogP contribution in [0.5, 0.6) is 0 Å². The molecular weight excluding hydrogens is 326 g/mol. The summed E-state index contributed by atoms with van der Waals surface area (Å²) in [6.45, 7) is 3.97. The van der Waals surface area contributed by atoms with Crippen LogP contribution in [0.25, 0.3) is 11.3 Å². The summed E-state index contributed by atoms with van der Waals surface area (Å²) in [4.78, 5) is 29.4. The van der Waals surface area contributed by atoms with Gasteiger partial charge in [-0.05, 0) is 49.8 Å². The van der Waals surface area contributed by atoms with E-state index >= 15 is 0 Å². The second-order valence-electron chi connectivity index (χ2n) is 6.57. The SMILES string of the molecule is CCc1ccc(C)nc1NC(=O)c1c[nH]c2c1-c1ncncc1CCC2. The van der Waals surface area contributed by atoms with Crippen LogP contribution in [-0.2, 0) is 19.3 Å². The number of aromatic amines is 1. The average molecular weight is 347 g/mol. The molecule has 6 heteroatoms. The molecule has 26 heavy (non-hydrogen) atoms. The van der Waals surface area contributed by atoms with Gasteiger partial charge in [-0.3, -0.25) is 4.79 Å². The molecule has 0 atom stereocenters. The maximum atomic E-state index is 13.0. The lowest BCUT2D eigenvalue weighted by molar-refractivity contribution is 0.102. The van der Waals surface area contributed by atoms with Crippen LogP contribution in [0.3, 0.4) is 0 Å². The van der Waals surface area contributed by atoms with Crippen molar-refractivity contribution in [3.05, 3.63) is 58.9 Å². The van der Waals surface area contributed by atoms with Crippen LogP contribution >= 0.6 is 0 Å². The normalized spacial score (nSPS) is 12.8. The molecule has 3 aromatic heterocycles. The number of fused-ring (bicyclic) bond motifs is 3. The number of hydrogen-bond donors (Lipinski definition) is 2. The van der Waals surface area contributed by atoms with Gasteiger partial charge in [-0.2, -0.15) is 0 Å². The van der Waals surface area contributed by atoms with Gasteiger partial charge in [0.25, 0.3) is 5.91 Å². The summed E-state index contributed by atoms with van der Waals surface area (Å²) in [5.74, 6) is 0.464. The van der Waals surface area contributed by atoms with Crippen LogP contribution < -0.4 is 5.32 Å². The Bertz CT molecular complexity index is 976. The van der Waals surface area contributed by atoms with E-state index in [1.807, 2.05) is 25.3 Å². The molecule has 3 heterocycles. The minimum Gasteiger partial charge on any atom is -0.364 e. The van der Waals surface area contributed by atoms with Crippen molar-refractivity contribution in [2.75, 3.05) is 5.32 Å². The predicted molar refractivity (Wildman–Crippen MR) is 100 cm³/mol. The number of rotatable bonds is 3. The maximum absolute atomic E-state index is 13.0. The summed E-state index contributed by atoms with van der Waals surface area (Å²) in [6.07, 6.45) is 8.79. The zero-order chi connectivity index (χ0) is 18.1. The third-order valence-electron chi connectivity index (χ3n) is 4.84. The van der Waals surface area contributed by atoms with Crippen LogP contribution in [0.15, 0.2) is 30.9 Å². The average Bonchev–Trinajstić information content (AvgIpc) is 2.98. The Morgan fingerprint density at radius 2 is 2.19 bits per heavy atom. The number of anilines is 1. The van der Waals surface area contributed by atoms with Gasteiger partial charge in [-0.1, -0.05) is 13.0 Å². The molecule has 0 radical (unpaired) electrons. The maximum Gasteiger partial charge on any atom is 0.259 e. The Hall–Kier alpha value is -3.02. The summed E-state index contributed by atoms with van der Waals surface area (Å²) in [7, 11) is 0. The fourth-order valence-electron chi connectivity index (χ4n) is 3.49. The van der Waals surface area contributed by atoms with Crippen LogP contribution in [0.2, 0.25) is 0 Å². The Balaban J connectivity index is 1.74. The van der Waals surface area contributed by atoms with Gasteiger partial charge in [0.2, 0.25) is 0 Å². The third-order valence-corrected chi connectivity index (χ3v) is 4.84. The second-order valence-corrected chi connectivity index (χ2v) is 6.57. The van der Waals surface area contributed by atoms with Gasteiger partial charge in [0, 0.05) is 29.3 Å². The summed E-state index contributed by atoms with van der Waals surface area (Å²) >= 11 is 0. The molecule has 0 saturated heterocycles. The standard InChI is InChI=1S/C20H21N5O/c1-3-13-8-7-12(2)24-19(13)25-20(26)15-10-22-16-6-4-5-14-9-21-11-23-18(14)17(15)16/h7-11,22H,3-6H2,1-2H3,(H,24,25,26). The molecule has 0 unspecified atom stereocenters. The third kappa shape index (κ3) is 2.87. The van der Waals surface area contributed by atoms with Crippen LogP contribution in [0, 0.1) is 6.92 Å². The van der Waals surface area contributed by atoms with Crippen LogP contribution in [-0.4, -0.2) is 25.8 Å². The summed E-state index contributed by atoms with van der Waals surface area (Å²) in [5, 5.41) is 2.99. The van der Waals surface area contributed by atoms with E-state index in [0.717, 1.165) is 59.5 Å². The summed E-state index contributed by atoms with van der Waals surface area (Å²) in [6, 6.07) is 3.97. The summed E-state index contributed by atoms with van der Waals surface area (Å²) in [5.41, 5.74) is 6.39. The molecule has 0 spiro atoms. The molecule has 0 aliphatic heterocycles. The van der Waals surface area contributed by atoms with Crippen molar-refractivity contribution in [2.45, 2.75) is 39.5 Å². The number of carbonyl (C=O) groups is 1. The number of carbonyl (C=O) groups excluding carboxylic acids is 1. The van der Waals surface area contributed by atoms with Crippen molar-refractivity contribution in [1.29, 1.82) is 0 Å². The largest absolute Gasteiger partial charge is 0.364 e. The highest BCUT2D eigenvalue weighted by Gasteiger charge is 2.24. The molecule has 2 N–H and O–H groups in total.